The lowest BCUT2D eigenvalue weighted by Crippen LogP contribution is -2.48. The molecular weight excluding hydrogens is 498 g/mol. The predicted molar refractivity (Wildman–Crippen MR) is 146 cm³/mol. The highest BCUT2D eigenvalue weighted by Crippen LogP contribution is 2.48. The van der Waals surface area contributed by atoms with E-state index in [9.17, 15) is 14.4 Å². The Morgan fingerprint density at radius 2 is 1.62 bits per heavy atom. The van der Waals surface area contributed by atoms with Crippen molar-refractivity contribution in [3.63, 3.8) is 0 Å². The van der Waals surface area contributed by atoms with Crippen molar-refractivity contribution in [1.82, 2.24) is 0 Å². The van der Waals surface area contributed by atoms with Crippen LogP contribution in [-0.2, 0) is 23.9 Å². The average Bonchev–Trinajstić information content (AvgIpc) is 2.93. The number of benzene rings is 2. The van der Waals surface area contributed by atoms with E-state index in [0.717, 1.165) is 11.1 Å². The van der Waals surface area contributed by atoms with Gasteiger partial charge in [0.2, 0.25) is 0 Å². The fraction of sp³-hybridized carbons (Fsp3) is 0.419. The standard InChI is InChI=1S/C31H35NO7/c1-6-37-21-14-12-19(13-15-21)26-25(30(34)38-7-2)18(4)32-24-17-23(20-10-9-11-22(16-20)36-5)27(29(33)28(24)26)31(35)39-8-3/h9-16,23,26-28H,6-8,17H2,1-5H3/t23-,26+,27+,28?/m1/s1. The number of hydrogen-bond acceptors (Lipinski definition) is 8. The minimum absolute atomic E-state index is 0.147. The van der Waals surface area contributed by atoms with Gasteiger partial charge in [0.25, 0.3) is 0 Å². The summed E-state index contributed by atoms with van der Waals surface area (Å²) in [5.41, 5.74) is 3.00. The van der Waals surface area contributed by atoms with Crippen LogP contribution in [0.5, 0.6) is 11.5 Å². The van der Waals surface area contributed by atoms with Crippen molar-refractivity contribution in [2.75, 3.05) is 26.9 Å². The van der Waals surface area contributed by atoms with Gasteiger partial charge in [-0.25, -0.2) is 4.79 Å². The van der Waals surface area contributed by atoms with Gasteiger partial charge in [0.05, 0.1) is 38.4 Å². The lowest BCUT2D eigenvalue weighted by atomic mass is 9.62. The van der Waals surface area contributed by atoms with Crippen molar-refractivity contribution >= 4 is 23.4 Å². The van der Waals surface area contributed by atoms with Crippen LogP contribution in [0.1, 0.15) is 57.1 Å². The maximum Gasteiger partial charge on any atom is 0.336 e. The molecule has 0 spiro atoms. The number of methoxy groups -OCH3 is 1. The summed E-state index contributed by atoms with van der Waals surface area (Å²) in [5.74, 6) is -3.14. The molecule has 0 aromatic heterocycles. The number of carbonyl (C=O) groups is 3. The number of aliphatic imine (C=N–C) groups is 1. The Hall–Kier alpha value is -3.94. The Kier molecular flexibility index (Phi) is 8.84. The molecule has 0 N–H and O–H groups in total. The molecule has 2 aromatic carbocycles. The highest BCUT2D eigenvalue weighted by molar-refractivity contribution is 6.17. The first-order valence-electron chi connectivity index (χ1n) is 13.4. The van der Waals surface area contributed by atoms with Crippen molar-refractivity contribution < 1.29 is 33.3 Å². The summed E-state index contributed by atoms with van der Waals surface area (Å²) in [5, 5.41) is 0. The third kappa shape index (κ3) is 5.60. The zero-order valence-corrected chi connectivity index (χ0v) is 23.1. The van der Waals surface area contributed by atoms with Gasteiger partial charge in [0.15, 0.2) is 5.78 Å². The smallest absolute Gasteiger partial charge is 0.336 e. The number of rotatable bonds is 9. The minimum atomic E-state index is -1.06. The number of carbonyl (C=O) groups excluding carboxylic acids is 3. The van der Waals surface area contributed by atoms with E-state index in [2.05, 4.69) is 0 Å². The maximum absolute atomic E-state index is 14.4. The van der Waals surface area contributed by atoms with Gasteiger partial charge in [0.1, 0.15) is 17.4 Å². The summed E-state index contributed by atoms with van der Waals surface area (Å²) in [6, 6.07) is 14.7. The molecule has 8 nitrogen and oxygen atoms in total. The third-order valence-corrected chi connectivity index (χ3v) is 7.26. The topological polar surface area (TPSA) is 100 Å². The van der Waals surface area contributed by atoms with Crippen LogP contribution in [0.15, 0.2) is 64.8 Å². The van der Waals surface area contributed by atoms with E-state index in [1.54, 1.807) is 27.9 Å². The van der Waals surface area contributed by atoms with Crippen LogP contribution in [0.25, 0.3) is 0 Å². The molecule has 0 amide bonds. The maximum atomic E-state index is 14.4. The van der Waals surface area contributed by atoms with E-state index in [1.807, 2.05) is 55.5 Å². The molecule has 1 aliphatic heterocycles. The number of nitrogens with zero attached hydrogens (tertiary/aromatic N) is 1. The lowest BCUT2D eigenvalue weighted by molar-refractivity contribution is -0.153. The van der Waals surface area contributed by atoms with Gasteiger partial charge in [-0.15, -0.1) is 0 Å². The summed E-state index contributed by atoms with van der Waals surface area (Å²) in [4.78, 5) is 45.7. The monoisotopic (exact) mass is 533 g/mol. The van der Waals surface area contributed by atoms with E-state index < -0.39 is 35.6 Å². The van der Waals surface area contributed by atoms with E-state index in [1.165, 1.54) is 0 Å². The number of hydrogen-bond donors (Lipinski definition) is 0. The molecule has 1 saturated carbocycles. The Morgan fingerprint density at radius 3 is 2.26 bits per heavy atom. The summed E-state index contributed by atoms with van der Waals surface area (Å²) < 4.78 is 21.8. The van der Waals surface area contributed by atoms with Crippen molar-refractivity contribution in [3.05, 3.63) is 70.9 Å². The molecule has 1 heterocycles. The number of Topliss-reactive ketones (excluding diaryl/α,β-unsaturated/α-hetero) is 1. The second kappa shape index (κ2) is 12.3. The number of allylic oxidation sites excluding steroid dienone is 1. The van der Waals surface area contributed by atoms with Crippen molar-refractivity contribution in [1.29, 1.82) is 0 Å². The van der Waals surface area contributed by atoms with Crippen LogP contribution >= 0.6 is 0 Å². The highest BCUT2D eigenvalue weighted by atomic mass is 16.5. The minimum Gasteiger partial charge on any atom is -0.497 e. The summed E-state index contributed by atoms with van der Waals surface area (Å²) >= 11 is 0. The van der Waals surface area contributed by atoms with Gasteiger partial charge in [0, 0.05) is 23.2 Å². The first-order chi connectivity index (χ1) is 18.8. The van der Waals surface area contributed by atoms with Crippen LogP contribution < -0.4 is 9.47 Å². The number of fused-ring (bicyclic) bond motifs is 1. The zero-order chi connectivity index (χ0) is 28.1. The largest absolute Gasteiger partial charge is 0.497 e. The molecule has 1 unspecified atom stereocenters. The van der Waals surface area contributed by atoms with Gasteiger partial charge in [-0.1, -0.05) is 24.3 Å². The highest BCUT2D eigenvalue weighted by Gasteiger charge is 2.53. The van der Waals surface area contributed by atoms with E-state index in [-0.39, 0.29) is 19.0 Å². The lowest BCUT2D eigenvalue weighted by Gasteiger charge is -2.41. The zero-order valence-electron chi connectivity index (χ0n) is 23.1. The van der Waals surface area contributed by atoms with Crippen LogP contribution in [0.4, 0.5) is 0 Å². The molecule has 206 valence electrons. The number of ketones is 1. The molecule has 4 rings (SSSR count). The normalized spacial score (nSPS) is 22.5. The first-order valence-corrected chi connectivity index (χ1v) is 13.4. The second-order valence-electron chi connectivity index (χ2n) is 9.50. The van der Waals surface area contributed by atoms with Gasteiger partial charge in [-0.05, 0) is 69.5 Å². The first kappa shape index (κ1) is 28.1. The molecule has 8 heteroatoms. The fourth-order valence-corrected chi connectivity index (χ4v) is 5.64. The molecule has 1 fully saturated rings. The molecule has 0 radical (unpaired) electrons. The van der Waals surface area contributed by atoms with Gasteiger partial charge < -0.3 is 18.9 Å². The Balaban J connectivity index is 1.87. The SMILES string of the molecule is CCOC(=O)C1=C(C)N=C2C[C@H](c3cccc(OC)c3)[C@H](C(=O)OCC)C(=O)C2[C@H]1c1ccc(OCC)cc1. The molecular formula is C31H35NO7. The van der Waals surface area contributed by atoms with E-state index in [4.69, 9.17) is 23.9 Å². The van der Waals surface area contributed by atoms with Crippen LogP contribution in [0.3, 0.4) is 0 Å². The molecule has 2 aliphatic rings. The summed E-state index contributed by atoms with van der Waals surface area (Å²) in [6.45, 7) is 7.96. The molecule has 39 heavy (non-hydrogen) atoms. The number of ether oxygens (including phenoxy) is 4. The molecule has 0 saturated heterocycles. The van der Waals surface area contributed by atoms with Crippen LogP contribution in [0, 0.1) is 11.8 Å². The average molecular weight is 534 g/mol. The summed E-state index contributed by atoms with van der Waals surface area (Å²) in [7, 11) is 1.57. The third-order valence-electron chi connectivity index (χ3n) is 7.26. The van der Waals surface area contributed by atoms with Crippen LogP contribution in [-0.4, -0.2) is 50.4 Å². The molecule has 2 aromatic rings. The van der Waals surface area contributed by atoms with Crippen molar-refractivity contribution in [3.8, 4) is 11.5 Å². The quantitative estimate of drug-likeness (QED) is 0.330. The molecule has 0 bridgehead atoms. The molecule has 4 atom stereocenters. The number of esters is 2. The second-order valence-corrected chi connectivity index (χ2v) is 9.50. The Labute approximate surface area is 229 Å². The van der Waals surface area contributed by atoms with Gasteiger partial charge >= 0.3 is 11.9 Å². The predicted octanol–water partition coefficient (Wildman–Crippen LogP) is 5.02. The molecule has 1 aliphatic carbocycles. The fourth-order valence-electron chi connectivity index (χ4n) is 5.64. The van der Waals surface area contributed by atoms with Gasteiger partial charge in [-0.3, -0.25) is 14.6 Å². The van der Waals surface area contributed by atoms with E-state index in [0.29, 0.717) is 41.5 Å². The Bertz CT molecular complexity index is 1290. The van der Waals surface area contributed by atoms with Crippen molar-refractivity contribution in [2.24, 2.45) is 16.8 Å². The van der Waals surface area contributed by atoms with Crippen LogP contribution in [0.2, 0.25) is 0 Å². The Morgan fingerprint density at radius 1 is 0.897 bits per heavy atom. The van der Waals surface area contributed by atoms with Gasteiger partial charge in [-0.2, -0.15) is 0 Å². The summed E-state index contributed by atoms with van der Waals surface area (Å²) in [6.07, 6.45) is 0.355. The van der Waals surface area contributed by atoms with E-state index >= 15 is 0 Å². The van der Waals surface area contributed by atoms with Crippen molar-refractivity contribution in [2.45, 2.75) is 46.0 Å².